The average molecular weight is 317 g/mol. The largest absolute Gasteiger partial charge is 0.339 e. The first-order valence-corrected chi connectivity index (χ1v) is 7.00. The van der Waals surface area contributed by atoms with Gasteiger partial charge in [-0.15, -0.1) is 0 Å². The fourth-order valence-electron chi connectivity index (χ4n) is 2.05. The van der Waals surface area contributed by atoms with E-state index in [4.69, 9.17) is 11.6 Å². The van der Waals surface area contributed by atoms with Gasteiger partial charge in [-0.2, -0.15) is 0 Å². The Morgan fingerprint density at radius 1 is 1.41 bits per heavy atom. The van der Waals surface area contributed by atoms with E-state index in [0.29, 0.717) is 10.6 Å². The van der Waals surface area contributed by atoms with E-state index in [1.807, 2.05) is 17.0 Å². The molecule has 0 atom stereocenters. The Morgan fingerprint density at radius 2 is 2.06 bits per heavy atom. The molecule has 1 amide bonds. The SMILES string of the molecule is CC1CCN(C(=O)c2cccc(Br)c2Cl)CC1. The van der Waals surface area contributed by atoms with Gasteiger partial charge in [0.25, 0.3) is 5.91 Å². The van der Waals surface area contributed by atoms with Crippen molar-refractivity contribution in [3.63, 3.8) is 0 Å². The highest BCUT2D eigenvalue weighted by Crippen LogP contribution is 2.28. The zero-order valence-corrected chi connectivity index (χ0v) is 12.1. The molecule has 4 heteroatoms. The highest BCUT2D eigenvalue weighted by atomic mass is 79.9. The van der Waals surface area contributed by atoms with Crippen LogP contribution in [-0.4, -0.2) is 23.9 Å². The zero-order chi connectivity index (χ0) is 12.4. The molecular formula is C13H15BrClNO. The van der Waals surface area contributed by atoms with Gasteiger partial charge in [0.05, 0.1) is 10.6 Å². The van der Waals surface area contributed by atoms with Crippen LogP contribution in [-0.2, 0) is 0 Å². The molecule has 1 heterocycles. The number of piperidine rings is 1. The number of hydrogen-bond acceptors (Lipinski definition) is 1. The van der Waals surface area contributed by atoms with E-state index in [1.54, 1.807) is 6.07 Å². The number of rotatable bonds is 1. The van der Waals surface area contributed by atoms with E-state index in [9.17, 15) is 4.79 Å². The third-order valence-corrected chi connectivity index (χ3v) is 4.55. The third kappa shape index (κ3) is 2.83. The number of hydrogen-bond donors (Lipinski definition) is 0. The highest BCUT2D eigenvalue weighted by molar-refractivity contribution is 9.10. The van der Waals surface area contributed by atoms with Gasteiger partial charge in [-0.3, -0.25) is 4.79 Å². The third-order valence-electron chi connectivity index (χ3n) is 3.25. The quantitative estimate of drug-likeness (QED) is 0.767. The fourth-order valence-corrected chi connectivity index (χ4v) is 2.62. The van der Waals surface area contributed by atoms with E-state index in [0.717, 1.165) is 36.3 Å². The summed E-state index contributed by atoms with van der Waals surface area (Å²) >= 11 is 9.49. The van der Waals surface area contributed by atoms with Crippen molar-refractivity contribution in [3.8, 4) is 0 Å². The van der Waals surface area contributed by atoms with Gasteiger partial charge in [-0.05, 0) is 46.8 Å². The predicted molar refractivity (Wildman–Crippen MR) is 73.5 cm³/mol. The van der Waals surface area contributed by atoms with Crippen LogP contribution in [0.15, 0.2) is 22.7 Å². The first kappa shape index (κ1) is 12.9. The number of halogens is 2. The minimum absolute atomic E-state index is 0.0446. The van der Waals surface area contributed by atoms with Gasteiger partial charge in [-0.25, -0.2) is 0 Å². The molecule has 1 aliphatic heterocycles. The predicted octanol–water partition coefficient (Wildman–Crippen LogP) is 3.97. The topological polar surface area (TPSA) is 20.3 Å². The van der Waals surface area contributed by atoms with Gasteiger partial charge in [-0.1, -0.05) is 24.6 Å². The lowest BCUT2D eigenvalue weighted by Crippen LogP contribution is -2.38. The summed E-state index contributed by atoms with van der Waals surface area (Å²) in [5, 5.41) is 0.510. The van der Waals surface area contributed by atoms with Crippen LogP contribution < -0.4 is 0 Å². The lowest BCUT2D eigenvalue weighted by molar-refractivity contribution is 0.0697. The monoisotopic (exact) mass is 315 g/mol. The van der Waals surface area contributed by atoms with E-state index >= 15 is 0 Å². The average Bonchev–Trinajstić information content (AvgIpc) is 2.33. The first-order chi connectivity index (χ1) is 8.09. The van der Waals surface area contributed by atoms with Crippen molar-refractivity contribution in [2.75, 3.05) is 13.1 Å². The Hall–Kier alpha value is -0.540. The molecule has 1 aromatic carbocycles. The molecule has 92 valence electrons. The van der Waals surface area contributed by atoms with E-state index in [-0.39, 0.29) is 5.91 Å². The number of nitrogens with zero attached hydrogens (tertiary/aromatic N) is 1. The summed E-state index contributed by atoms with van der Waals surface area (Å²) in [5.74, 6) is 0.764. The van der Waals surface area contributed by atoms with Crippen LogP contribution in [0.2, 0.25) is 5.02 Å². The second-order valence-corrected chi connectivity index (χ2v) is 5.81. The van der Waals surface area contributed by atoms with Crippen molar-refractivity contribution in [2.45, 2.75) is 19.8 Å². The normalized spacial score (nSPS) is 17.2. The molecule has 0 aliphatic carbocycles. The molecule has 0 spiro atoms. The standard InChI is InChI=1S/C13H15BrClNO/c1-9-5-7-16(8-6-9)13(17)10-3-2-4-11(14)12(10)15/h2-4,9H,5-8H2,1H3. The van der Waals surface area contributed by atoms with Gasteiger partial charge in [0.2, 0.25) is 0 Å². The summed E-state index contributed by atoms with van der Waals surface area (Å²) < 4.78 is 0.774. The molecule has 1 saturated heterocycles. The summed E-state index contributed by atoms with van der Waals surface area (Å²) in [6.45, 7) is 3.90. The van der Waals surface area contributed by atoms with E-state index < -0.39 is 0 Å². The van der Waals surface area contributed by atoms with Gasteiger partial charge in [0, 0.05) is 17.6 Å². The van der Waals surface area contributed by atoms with Crippen LogP contribution >= 0.6 is 27.5 Å². The summed E-state index contributed by atoms with van der Waals surface area (Å²) in [4.78, 5) is 14.2. The molecule has 17 heavy (non-hydrogen) atoms. The number of carbonyl (C=O) groups is 1. The molecule has 0 bridgehead atoms. The Balaban J connectivity index is 2.17. The number of benzene rings is 1. The van der Waals surface area contributed by atoms with Gasteiger partial charge >= 0.3 is 0 Å². The molecule has 1 aromatic rings. The molecule has 0 N–H and O–H groups in total. The number of amides is 1. The molecule has 1 aliphatic rings. The molecule has 2 nitrogen and oxygen atoms in total. The van der Waals surface area contributed by atoms with Crippen molar-refractivity contribution in [2.24, 2.45) is 5.92 Å². The van der Waals surface area contributed by atoms with Crippen LogP contribution in [0, 0.1) is 5.92 Å². The first-order valence-electron chi connectivity index (χ1n) is 5.83. The molecule has 2 rings (SSSR count). The Labute approximate surface area is 115 Å². The summed E-state index contributed by atoms with van der Waals surface area (Å²) in [6.07, 6.45) is 2.16. The molecule has 0 unspecified atom stereocenters. The molecule has 0 aromatic heterocycles. The van der Waals surface area contributed by atoms with E-state index in [2.05, 4.69) is 22.9 Å². The maximum absolute atomic E-state index is 12.3. The maximum atomic E-state index is 12.3. The van der Waals surface area contributed by atoms with Crippen LogP contribution in [0.4, 0.5) is 0 Å². The smallest absolute Gasteiger partial charge is 0.255 e. The number of carbonyl (C=O) groups excluding carboxylic acids is 1. The second kappa shape index (κ2) is 5.40. The van der Waals surface area contributed by atoms with Gasteiger partial charge in [0.1, 0.15) is 0 Å². The van der Waals surface area contributed by atoms with Crippen LogP contribution in [0.3, 0.4) is 0 Å². The Kier molecular flexibility index (Phi) is 4.10. The summed E-state index contributed by atoms with van der Waals surface area (Å²) in [7, 11) is 0. The van der Waals surface area contributed by atoms with Gasteiger partial charge in [0.15, 0.2) is 0 Å². The van der Waals surface area contributed by atoms with Crippen LogP contribution in [0.25, 0.3) is 0 Å². The minimum atomic E-state index is 0.0446. The van der Waals surface area contributed by atoms with Crippen molar-refractivity contribution in [1.82, 2.24) is 4.90 Å². The van der Waals surface area contributed by atoms with Crippen molar-refractivity contribution >= 4 is 33.4 Å². The summed E-state index contributed by atoms with van der Waals surface area (Å²) in [5.41, 5.74) is 0.593. The zero-order valence-electron chi connectivity index (χ0n) is 9.75. The molecule has 0 radical (unpaired) electrons. The second-order valence-electron chi connectivity index (χ2n) is 4.58. The Bertz CT molecular complexity index is 427. The highest BCUT2D eigenvalue weighted by Gasteiger charge is 2.23. The lowest BCUT2D eigenvalue weighted by Gasteiger charge is -2.30. The van der Waals surface area contributed by atoms with Crippen molar-refractivity contribution in [3.05, 3.63) is 33.3 Å². The molecular weight excluding hydrogens is 302 g/mol. The van der Waals surface area contributed by atoms with E-state index in [1.165, 1.54) is 0 Å². The van der Waals surface area contributed by atoms with Gasteiger partial charge < -0.3 is 4.90 Å². The lowest BCUT2D eigenvalue weighted by atomic mass is 9.98. The van der Waals surface area contributed by atoms with Crippen LogP contribution in [0.5, 0.6) is 0 Å². The number of likely N-dealkylation sites (tertiary alicyclic amines) is 1. The van der Waals surface area contributed by atoms with Crippen LogP contribution in [0.1, 0.15) is 30.1 Å². The fraction of sp³-hybridized carbons (Fsp3) is 0.462. The molecule has 1 fully saturated rings. The summed E-state index contributed by atoms with van der Waals surface area (Å²) in [6, 6.07) is 5.47. The Morgan fingerprint density at radius 3 is 2.71 bits per heavy atom. The maximum Gasteiger partial charge on any atom is 0.255 e. The minimum Gasteiger partial charge on any atom is -0.339 e. The van der Waals surface area contributed by atoms with Crippen molar-refractivity contribution < 1.29 is 4.79 Å². The molecule has 0 saturated carbocycles. The van der Waals surface area contributed by atoms with Crippen molar-refractivity contribution in [1.29, 1.82) is 0 Å².